The van der Waals surface area contributed by atoms with Crippen molar-refractivity contribution in [3.05, 3.63) is 34.2 Å². The molecule has 4 atom stereocenters. The fourth-order valence-electron chi connectivity index (χ4n) is 3.78. The largest absolute Gasteiger partial charge is 0.393 e. The molecule has 3 rings (SSSR count). The van der Waals surface area contributed by atoms with Crippen LogP contribution in [0.5, 0.6) is 0 Å². The summed E-state index contributed by atoms with van der Waals surface area (Å²) >= 11 is 0. The van der Waals surface area contributed by atoms with Gasteiger partial charge in [-0.15, -0.1) is 0 Å². The van der Waals surface area contributed by atoms with Gasteiger partial charge in [0.25, 0.3) is 5.91 Å². The van der Waals surface area contributed by atoms with Gasteiger partial charge < -0.3 is 15.0 Å². The van der Waals surface area contributed by atoms with Gasteiger partial charge in [0.05, 0.1) is 11.7 Å². The Hall–Kier alpha value is -1.62. The van der Waals surface area contributed by atoms with Crippen LogP contribution in [0.3, 0.4) is 0 Å². The lowest BCUT2D eigenvalue weighted by Crippen LogP contribution is -2.36. The van der Waals surface area contributed by atoms with E-state index < -0.39 is 0 Å². The summed E-state index contributed by atoms with van der Waals surface area (Å²) in [6.45, 7) is 0. The Morgan fingerprint density at radius 2 is 1.90 bits per heavy atom. The monoisotopic (exact) mass is 276 g/mol. The molecule has 5 heteroatoms. The summed E-state index contributed by atoms with van der Waals surface area (Å²) in [4.78, 5) is 27.7. The van der Waals surface area contributed by atoms with Crippen molar-refractivity contribution in [1.82, 2.24) is 9.88 Å². The molecule has 0 radical (unpaired) electrons. The quantitative estimate of drug-likeness (QED) is 0.846. The van der Waals surface area contributed by atoms with Gasteiger partial charge in [0.1, 0.15) is 0 Å². The molecule has 1 aromatic heterocycles. The van der Waals surface area contributed by atoms with Crippen molar-refractivity contribution < 1.29 is 9.90 Å². The standard InChI is InChI=1S/C15H20N2O3/c1-17(15(20)9-2-3-14(19)16-8-9)12-4-10-6-13(18)7-11(10)5-12/h2-3,8,10-13,18H,4-7H2,1H3,(H,16,19)/t10-,11+,12?,13?. The van der Waals surface area contributed by atoms with E-state index in [0.29, 0.717) is 17.4 Å². The lowest BCUT2D eigenvalue weighted by atomic mass is 10.0. The molecule has 2 fully saturated rings. The van der Waals surface area contributed by atoms with Gasteiger partial charge in [0, 0.05) is 25.4 Å². The zero-order valence-corrected chi connectivity index (χ0v) is 11.6. The molecule has 108 valence electrons. The summed E-state index contributed by atoms with van der Waals surface area (Å²) < 4.78 is 0. The van der Waals surface area contributed by atoms with E-state index in [1.54, 1.807) is 11.0 Å². The Kier molecular flexibility index (Phi) is 3.38. The van der Waals surface area contributed by atoms with Gasteiger partial charge in [-0.3, -0.25) is 9.59 Å². The predicted octanol–water partition coefficient (Wildman–Crippen LogP) is 0.996. The molecule has 5 nitrogen and oxygen atoms in total. The molecule has 20 heavy (non-hydrogen) atoms. The minimum absolute atomic E-state index is 0.0493. The second-order valence-corrected chi connectivity index (χ2v) is 6.13. The SMILES string of the molecule is CN(C(=O)c1ccc(=O)[nH]c1)C1C[C@H]2CC(O)C[C@H]2C1. The van der Waals surface area contributed by atoms with Crippen molar-refractivity contribution in [3.63, 3.8) is 0 Å². The number of hydrogen-bond donors (Lipinski definition) is 2. The number of aromatic nitrogens is 1. The predicted molar refractivity (Wildman–Crippen MR) is 74.4 cm³/mol. The van der Waals surface area contributed by atoms with E-state index in [4.69, 9.17) is 0 Å². The first-order valence-corrected chi connectivity index (χ1v) is 7.18. The first-order valence-electron chi connectivity index (χ1n) is 7.18. The maximum atomic E-state index is 12.4. The number of pyridine rings is 1. The first-order chi connectivity index (χ1) is 9.54. The summed E-state index contributed by atoms with van der Waals surface area (Å²) in [6.07, 6.45) is 5.04. The molecule has 2 unspecified atom stereocenters. The summed E-state index contributed by atoms with van der Waals surface area (Å²) in [6, 6.07) is 3.19. The Balaban J connectivity index is 1.68. The van der Waals surface area contributed by atoms with Crippen molar-refractivity contribution in [3.8, 4) is 0 Å². The van der Waals surface area contributed by atoms with Crippen LogP contribution in [0.4, 0.5) is 0 Å². The van der Waals surface area contributed by atoms with Gasteiger partial charge in [0.15, 0.2) is 0 Å². The molecule has 2 N–H and O–H groups in total. The summed E-state index contributed by atoms with van der Waals surface area (Å²) in [5, 5.41) is 9.66. The van der Waals surface area contributed by atoms with Crippen LogP contribution in [-0.2, 0) is 0 Å². The number of nitrogens with one attached hydrogen (secondary N) is 1. The molecule has 2 aliphatic rings. The highest BCUT2D eigenvalue weighted by Crippen LogP contribution is 2.45. The second kappa shape index (κ2) is 5.05. The number of amides is 1. The molecular formula is C15H20N2O3. The lowest BCUT2D eigenvalue weighted by Gasteiger charge is -2.25. The van der Waals surface area contributed by atoms with E-state index in [1.165, 1.54) is 12.3 Å². The van der Waals surface area contributed by atoms with Crippen LogP contribution in [0, 0.1) is 11.8 Å². The first kappa shape index (κ1) is 13.4. The number of H-pyrrole nitrogens is 1. The fraction of sp³-hybridized carbons (Fsp3) is 0.600. The van der Waals surface area contributed by atoms with Gasteiger partial charge in [-0.05, 0) is 43.6 Å². The number of aliphatic hydroxyl groups is 1. The van der Waals surface area contributed by atoms with E-state index in [0.717, 1.165) is 25.7 Å². The molecule has 0 saturated heterocycles. The highest BCUT2D eigenvalue weighted by atomic mass is 16.3. The highest BCUT2D eigenvalue weighted by Gasteiger charge is 2.43. The zero-order chi connectivity index (χ0) is 14.3. The van der Waals surface area contributed by atoms with Crippen LogP contribution in [0.25, 0.3) is 0 Å². The van der Waals surface area contributed by atoms with Crippen molar-refractivity contribution in [2.45, 2.75) is 37.8 Å². The molecule has 2 aliphatic carbocycles. The lowest BCUT2D eigenvalue weighted by molar-refractivity contribution is 0.0722. The van der Waals surface area contributed by atoms with Gasteiger partial charge in [-0.25, -0.2) is 0 Å². The molecule has 2 saturated carbocycles. The molecule has 0 aromatic carbocycles. The number of nitrogens with zero attached hydrogens (tertiary/aromatic N) is 1. The molecule has 0 bridgehead atoms. The number of carbonyl (C=O) groups is 1. The molecule has 0 aliphatic heterocycles. The minimum atomic E-state index is -0.200. The third kappa shape index (κ3) is 2.38. The third-order valence-corrected chi connectivity index (χ3v) is 4.87. The summed E-state index contributed by atoms with van der Waals surface area (Å²) in [7, 11) is 1.83. The number of hydrogen-bond acceptors (Lipinski definition) is 3. The van der Waals surface area contributed by atoms with Crippen LogP contribution < -0.4 is 5.56 Å². The van der Waals surface area contributed by atoms with Gasteiger partial charge in [0.2, 0.25) is 5.56 Å². The van der Waals surface area contributed by atoms with E-state index in [-0.39, 0.29) is 23.6 Å². The average Bonchev–Trinajstić information content (AvgIpc) is 2.95. The molecule has 1 amide bonds. The van der Waals surface area contributed by atoms with E-state index in [2.05, 4.69) is 4.98 Å². The average molecular weight is 276 g/mol. The zero-order valence-electron chi connectivity index (χ0n) is 11.6. The molecule has 0 spiro atoms. The highest BCUT2D eigenvalue weighted by molar-refractivity contribution is 5.93. The van der Waals surface area contributed by atoms with E-state index >= 15 is 0 Å². The van der Waals surface area contributed by atoms with Crippen LogP contribution in [0.15, 0.2) is 23.1 Å². The molecule has 1 heterocycles. The molecule has 1 aromatic rings. The van der Waals surface area contributed by atoms with Gasteiger partial charge >= 0.3 is 0 Å². The number of carbonyl (C=O) groups excluding carboxylic acids is 1. The number of rotatable bonds is 2. The van der Waals surface area contributed by atoms with Gasteiger partial charge in [-0.2, -0.15) is 0 Å². The van der Waals surface area contributed by atoms with Crippen LogP contribution in [0.2, 0.25) is 0 Å². The maximum absolute atomic E-state index is 12.4. The second-order valence-electron chi connectivity index (χ2n) is 6.13. The van der Waals surface area contributed by atoms with Crippen LogP contribution >= 0.6 is 0 Å². The smallest absolute Gasteiger partial charge is 0.255 e. The van der Waals surface area contributed by atoms with Crippen molar-refractivity contribution in [1.29, 1.82) is 0 Å². The van der Waals surface area contributed by atoms with Crippen LogP contribution in [0.1, 0.15) is 36.0 Å². The Morgan fingerprint density at radius 1 is 1.25 bits per heavy atom. The van der Waals surface area contributed by atoms with E-state index in [9.17, 15) is 14.7 Å². The van der Waals surface area contributed by atoms with Gasteiger partial charge in [-0.1, -0.05) is 0 Å². The van der Waals surface area contributed by atoms with Crippen LogP contribution in [-0.4, -0.2) is 40.1 Å². The Bertz CT molecular complexity index is 534. The third-order valence-electron chi connectivity index (χ3n) is 4.87. The number of aliphatic hydroxyl groups excluding tert-OH is 1. The Morgan fingerprint density at radius 3 is 2.45 bits per heavy atom. The van der Waals surface area contributed by atoms with E-state index in [1.807, 2.05) is 7.05 Å². The molecular weight excluding hydrogens is 256 g/mol. The number of aromatic amines is 1. The minimum Gasteiger partial charge on any atom is -0.393 e. The Labute approximate surface area is 117 Å². The summed E-state index contributed by atoms with van der Waals surface area (Å²) in [5.74, 6) is 1.06. The fourth-order valence-corrected chi connectivity index (χ4v) is 3.78. The topological polar surface area (TPSA) is 73.4 Å². The summed E-state index contributed by atoms with van der Waals surface area (Å²) in [5.41, 5.74) is 0.317. The normalized spacial score (nSPS) is 32.1. The van der Waals surface area contributed by atoms with Crippen molar-refractivity contribution in [2.24, 2.45) is 11.8 Å². The maximum Gasteiger partial charge on any atom is 0.255 e. The number of fused-ring (bicyclic) bond motifs is 1. The van der Waals surface area contributed by atoms with Crippen molar-refractivity contribution >= 4 is 5.91 Å². The van der Waals surface area contributed by atoms with Crippen molar-refractivity contribution in [2.75, 3.05) is 7.05 Å².